The highest BCUT2D eigenvalue weighted by Crippen LogP contribution is 2.46. The number of hydrogen-bond donors (Lipinski definition) is 2. The topological polar surface area (TPSA) is 89.2 Å². The van der Waals surface area contributed by atoms with Crippen molar-refractivity contribution in [2.24, 2.45) is 5.41 Å². The van der Waals surface area contributed by atoms with Crippen LogP contribution in [0.1, 0.15) is 44.0 Å². The highest BCUT2D eigenvalue weighted by Gasteiger charge is 2.39. The summed E-state index contributed by atoms with van der Waals surface area (Å²) in [6.07, 6.45) is 5.99. The monoisotopic (exact) mass is 635 g/mol. The van der Waals surface area contributed by atoms with Crippen LogP contribution in [0.2, 0.25) is 0 Å². The summed E-state index contributed by atoms with van der Waals surface area (Å²) in [4.78, 5) is 23.3. The van der Waals surface area contributed by atoms with Gasteiger partial charge < -0.3 is 24.2 Å². The van der Waals surface area contributed by atoms with E-state index in [1.165, 1.54) is 43.3 Å². The quantitative estimate of drug-likeness (QED) is 0.132. The Kier molecular flexibility index (Phi) is 7.84. The predicted octanol–water partition coefficient (Wildman–Crippen LogP) is 8.32. The van der Waals surface area contributed by atoms with Gasteiger partial charge in [-0.25, -0.2) is 13.8 Å². The van der Waals surface area contributed by atoms with Crippen LogP contribution in [-0.2, 0) is 21.4 Å². The second kappa shape index (κ2) is 11.5. The van der Waals surface area contributed by atoms with Gasteiger partial charge in [0.25, 0.3) is 0 Å². The standard InChI is InChI=1S/C34H32F3N3O4S/c1-33(2,32(41)42-4)16-18-7-6-8-22-28(18)43-14-12-34(22,3)24-17-39-31(40-24)21-15-19(9-10-23(21)35)44-29-26(37)25(36)27-20(11-13-38-27)30(29)45-5/h6-11,13,15,17,38H,12,14,16H2,1-5H3,(H,39,40)/t34-/m0/s1. The number of ether oxygens (including phenoxy) is 3. The van der Waals surface area contributed by atoms with Gasteiger partial charge >= 0.3 is 5.97 Å². The molecule has 0 fully saturated rings. The third kappa shape index (κ3) is 5.22. The Morgan fingerprint density at radius 3 is 2.71 bits per heavy atom. The number of halogens is 3. The van der Waals surface area contributed by atoms with E-state index in [2.05, 4.69) is 21.9 Å². The molecule has 1 aliphatic heterocycles. The number of aromatic nitrogens is 3. The van der Waals surface area contributed by atoms with Crippen molar-refractivity contribution in [2.75, 3.05) is 20.0 Å². The van der Waals surface area contributed by atoms with Crippen molar-refractivity contribution < 1.29 is 32.2 Å². The minimum Gasteiger partial charge on any atom is -0.493 e. The minimum absolute atomic E-state index is 0.0505. The van der Waals surface area contributed by atoms with E-state index in [4.69, 9.17) is 14.2 Å². The smallest absolute Gasteiger partial charge is 0.311 e. The largest absolute Gasteiger partial charge is 0.493 e. The number of rotatable bonds is 8. The van der Waals surface area contributed by atoms with E-state index in [1.54, 1.807) is 18.5 Å². The van der Waals surface area contributed by atoms with Crippen LogP contribution in [0.15, 0.2) is 59.8 Å². The molecule has 0 radical (unpaired) electrons. The molecule has 0 bridgehead atoms. The molecule has 0 unspecified atom stereocenters. The zero-order chi connectivity index (χ0) is 32.1. The fourth-order valence-electron chi connectivity index (χ4n) is 6.00. The zero-order valence-electron chi connectivity index (χ0n) is 25.4. The van der Waals surface area contributed by atoms with E-state index >= 15 is 8.78 Å². The number of H-pyrrole nitrogens is 2. The Balaban J connectivity index is 1.34. The number of imidazole rings is 1. The first-order chi connectivity index (χ1) is 21.5. The molecule has 45 heavy (non-hydrogen) atoms. The van der Waals surface area contributed by atoms with Crippen LogP contribution in [0, 0.1) is 22.9 Å². The van der Waals surface area contributed by atoms with Crippen molar-refractivity contribution in [1.82, 2.24) is 15.0 Å². The second-order valence-corrected chi connectivity index (χ2v) is 12.7. The molecule has 2 N–H and O–H groups in total. The summed E-state index contributed by atoms with van der Waals surface area (Å²) in [7, 11) is 1.38. The maximum absolute atomic E-state index is 15.2. The van der Waals surface area contributed by atoms with Gasteiger partial charge in [0.15, 0.2) is 11.6 Å². The first-order valence-corrected chi connectivity index (χ1v) is 15.6. The van der Waals surface area contributed by atoms with Gasteiger partial charge in [-0.3, -0.25) is 4.79 Å². The summed E-state index contributed by atoms with van der Waals surface area (Å²) in [5.41, 5.74) is 1.39. The fourth-order valence-corrected chi connectivity index (χ4v) is 6.70. The molecule has 1 atom stereocenters. The number of nitrogens with one attached hydrogen (secondary N) is 2. The molecule has 234 valence electrons. The van der Waals surface area contributed by atoms with Crippen molar-refractivity contribution in [3.63, 3.8) is 0 Å². The minimum atomic E-state index is -1.14. The number of methoxy groups -OCH3 is 1. The first kappa shape index (κ1) is 30.6. The average molecular weight is 636 g/mol. The molecular weight excluding hydrogens is 603 g/mol. The highest BCUT2D eigenvalue weighted by atomic mass is 32.2. The van der Waals surface area contributed by atoms with Crippen LogP contribution in [0.5, 0.6) is 17.2 Å². The molecule has 0 spiro atoms. The number of carbonyl (C=O) groups excluding carboxylic acids is 1. The number of para-hydroxylation sites is 1. The van der Waals surface area contributed by atoms with Gasteiger partial charge in [0, 0.05) is 34.5 Å². The predicted molar refractivity (Wildman–Crippen MR) is 167 cm³/mol. The van der Waals surface area contributed by atoms with E-state index < -0.39 is 28.3 Å². The van der Waals surface area contributed by atoms with Crippen LogP contribution in [0.3, 0.4) is 0 Å². The summed E-state index contributed by atoms with van der Waals surface area (Å²) < 4.78 is 62.2. The van der Waals surface area contributed by atoms with E-state index in [1.807, 2.05) is 32.0 Å². The average Bonchev–Trinajstić information content (AvgIpc) is 3.72. The fraction of sp³-hybridized carbons (Fsp3) is 0.294. The van der Waals surface area contributed by atoms with Crippen LogP contribution in [0.25, 0.3) is 22.3 Å². The Morgan fingerprint density at radius 2 is 1.96 bits per heavy atom. The summed E-state index contributed by atoms with van der Waals surface area (Å²) in [6, 6.07) is 11.5. The van der Waals surface area contributed by atoms with Gasteiger partial charge in [-0.2, -0.15) is 4.39 Å². The summed E-state index contributed by atoms with van der Waals surface area (Å²) in [6.45, 7) is 6.16. The molecular formula is C34H32F3N3O4S. The second-order valence-electron chi connectivity index (χ2n) is 11.9. The lowest BCUT2D eigenvalue weighted by Gasteiger charge is -2.36. The third-order valence-electron chi connectivity index (χ3n) is 8.51. The lowest BCUT2D eigenvalue weighted by molar-refractivity contribution is -0.150. The lowest BCUT2D eigenvalue weighted by Crippen LogP contribution is -2.33. The van der Waals surface area contributed by atoms with E-state index in [9.17, 15) is 9.18 Å². The summed E-state index contributed by atoms with van der Waals surface area (Å²) in [5, 5.41) is 0.483. The third-order valence-corrected chi connectivity index (χ3v) is 9.32. The molecule has 7 nitrogen and oxygen atoms in total. The maximum atomic E-state index is 15.2. The summed E-state index contributed by atoms with van der Waals surface area (Å²) >= 11 is 1.22. The van der Waals surface area contributed by atoms with Crippen molar-refractivity contribution in [1.29, 1.82) is 0 Å². The van der Waals surface area contributed by atoms with E-state index in [0.717, 1.165) is 16.8 Å². The van der Waals surface area contributed by atoms with Crippen molar-refractivity contribution in [2.45, 2.75) is 43.9 Å². The van der Waals surface area contributed by atoms with Gasteiger partial charge in [0.05, 0.1) is 35.1 Å². The molecule has 5 aromatic rings. The maximum Gasteiger partial charge on any atom is 0.311 e. The zero-order valence-corrected chi connectivity index (χ0v) is 26.3. The Morgan fingerprint density at radius 1 is 1.16 bits per heavy atom. The van der Waals surface area contributed by atoms with E-state index in [0.29, 0.717) is 35.5 Å². The number of carbonyl (C=O) groups is 1. The molecule has 0 saturated carbocycles. The number of thioether (sulfide) groups is 1. The highest BCUT2D eigenvalue weighted by molar-refractivity contribution is 7.99. The molecule has 2 aromatic heterocycles. The van der Waals surface area contributed by atoms with Crippen LogP contribution >= 0.6 is 11.8 Å². The molecule has 3 heterocycles. The van der Waals surface area contributed by atoms with Gasteiger partial charge in [-0.1, -0.05) is 18.2 Å². The van der Waals surface area contributed by atoms with Crippen molar-refractivity contribution in [3.05, 3.63) is 89.1 Å². The van der Waals surface area contributed by atoms with E-state index in [-0.39, 0.29) is 34.4 Å². The molecule has 0 amide bonds. The van der Waals surface area contributed by atoms with Crippen LogP contribution in [0.4, 0.5) is 13.2 Å². The number of benzene rings is 3. The summed E-state index contributed by atoms with van der Waals surface area (Å²) in [5.74, 6) is -2.26. The molecule has 1 aliphatic rings. The number of hydrogen-bond acceptors (Lipinski definition) is 6. The van der Waals surface area contributed by atoms with Gasteiger partial charge in [0.1, 0.15) is 23.1 Å². The molecule has 3 aromatic carbocycles. The first-order valence-electron chi connectivity index (χ1n) is 14.4. The number of esters is 1. The van der Waals surface area contributed by atoms with Gasteiger partial charge in [-0.15, -0.1) is 11.8 Å². The number of fused-ring (bicyclic) bond motifs is 2. The number of aromatic amines is 2. The SMILES string of the molecule is COC(=O)C(C)(C)Cc1cccc2c1OCC[C@]2(C)c1cnc(-c2cc(Oc3c(F)c(F)c4[nH]ccc4c3SC)ccc2F)[nH]1. The number of nitrogens with zero attached hydrogens (tertiary/aromatic N) is 1. The van der Waals surface area contributed by atoms with Crippen LogP contribution < -0.4 is 9.47 Å². The van der Waals surface area contributed by atoms with Crippen LogP contribution in [-0.4, -0.2) is 40.9 Å². The lowest BCUT2D eigenvalue weighted by atomic mass is 9.73. The molecule has 6 rings (SSSR count). The molecule has 0 aliphatic carbocycles. The van der Waals surface area contributed by atoms with Gasteiger partial charge in [-0.05, 0) is 69.7 Å². The Labute approximate surface area is 262 Å². The normalized spacial score (nSPS) is 16.4. The van der Waals surface area contributed by atoms with Gasteiger partial charge in [0.2, 0.25) is 5.82 Å². The van der Waals surface area contributed by atoms with Crippen molar-refractivity contribution in [3.8, 4) is 28.6 Å². The molecule has 0 saturated heterocycles. The molecule has 11 heteroatoms. The van der Waals surface area contributed by atoms with Crippen molar-refractivity contribution >= 4 is 28.6 Å². The Bertz CT molecular complexity index is 1940. The Hall–Kier alpha value is -4.38.